The van der Waals surface area contributed by atoms with Crippen molar-refractivity contribution in [2.24, 2.45) is 22.6 Å². The maximum atomic E-state index is 14.6. The van der Waals surface area contributed by atoms with Crippen LogP contribution in [0.15, 0.2) is 35.5 Å². The predicted molar refractivity (Wildman–Crippen MR) is 124 cm³/mol. The van der Waals surface area contributed by atoms with Gasteiger partial charge in [0.05, 0.1) is 18.2 Å². The Morgan fingerprint density at radius 3 is 2.97 bits per heavy atom. The van der Waals surface area contributed by atoms with Crippen molar-refractivity contribution in [3.8, 4) is 0 Å². The van der Waals surface area contributed by atoms with Gasteiger partial charge in [-0.2, -0.15) is 0 Å². The first-order chi connectivity index (χ1) is 14.7. The zero-order valence-corrected chi connectivity index (χ0v) is 19.3. The van der Waals surface area contributed by atoms with Crippen molar-refractivity contribution in [3.63, 3.8) is 0 Å². The van der Waals surface area contributed by atoms with Gasteiger partial charge in [-0.3, -0.25) is 4.98 Å². The van der Waals surface area contributed by atoms with Crippen molar-refractivity contribution < 1.29 is 9.13 Å². The molecule has 31 heavy (non-hydrogen) atoms. The molecule has 2 unspecified atom stereocenters. The van der Waals surface area contributed by atoms with Gasteiger partial charge in [0.15, 0.2) is 11.6 Å². The predicted octanol–water partition coefficient (Wildman–Crippen LogP) is 4.30. The summed E-state index contributed by atoms with van der Waals surface area (Å²) in [5.74, 6) is 1.14. The van der Waals surface area contributed by atoms with E-state index in [2.05, 4.69) is 41.0 Å². The van der Waals surface area contributed by atoms with Crippen LogP contribution in [-0.2, 0) is 4.74 Å². The normalized spacial score (nSPS) is 22.7. The Morgan fingerprint density at radius 1 is 1.45 bits per heavy atom. The lowest BCUT2D eigenvalue weighted by Crippen LogP contribution is -2.43. The summed E-state index contributed by atoms with van der Waals surface area (Å²) in [7, 11) is 0. The van der Waals surface area contributed by atoms with Crippen molar-refractivity contribution in [3.05, 3.63) is 46.8 Å². The first kappa shape index (κ1) is 23.7. The molecule has 170 valence electrons. The minimum absolute atomic E-state index is 0.0559. The second-order valence-corrected chi connectivity index (χ2v) is 9.23. The smallest absolute Gasteiger partial charge is 0.162 e. The average molecular weight is 450 g/mol. The summed E-state index contributed by atoms with van der Waals surface area (Å²) in [5.41, 5.74) is 8.47. The zero-order chi connectivity index (χ0) is 22.5. The number of amidine groups is 1. The molecule has 0 aromatic carbocycles. The fourth-order valence-corrected chi connectivity index (χ4v) is 4.13. The van der Waals surface area contributed by atoms with Gasteiger partial charge in [0.25, 0.3) is 0 Å². The molecular weight excluding hydrogens is 417 g/mol. The lowest BCUT2D eigenvalue weighted by atomic mass is 9.84. The van der Waals surface area contributed by atoms with E-state index in [1.807, 2.05) is 6.92 Å². The molecule has 3 atom stereocenters. The van der Waals surface area contributed by atoms with Gasteiger partial charge in [0.1, 0.15) is 12.1 Å². The molecule has 1 aromatic heterocycles. The average Bonchev–Trinajstić information content (AvgIpc) is 2.75. The van der Waals surface area contributed by atoms with E-state index in [0.29, 0.717) is 29.0 Å². The molecule has 6 nitrogen and oxygen atoms in total. The van der Waals surface area contributed by atoms with Gasteiger partial charge in [-0.25, -0.2) is 9.38 Å². The molecule has 3 rings (SSSR count). The number of halogens is 2. The highest BCUT2D eigenvalue weighted by molar-refractivity contribution is 6.31. The lowest BCUT2D eigenvalue weighted by Gasteiger charge is -2.34. The maximum Gasteiger partial charge on any atom is 0.162 e. The van der Waals surface area contributed by atoms with E-state index >= 15 is 0 Å². The molecular formula is C23H33ClFN5O. The first-order valence-corrected chi connectivity index (χ1v) is 11.3. The van der Waals surface area contributed by atoms with Gasteiger partial charge < -0.3 is 21.1 Å². The topological polar surface area (TPSA) is 84.6 Å². The van der Waals surface area contributed by atoms with Gasteiger partial charge in [-0.1, -0.05) is 38.4 Å². The molecule has 0 radical (unpaired) electrons. The Kier molecular flexibility index (Phi) is 8.08. The van der Waals surface area contributed by atoms with Gasteiger partial charge >= 0.3 is 0 Å². The zero-order valence-electron chi connectivity index (χ0n) is 18.5. The van der Waals surface area contributed by atoms with Crippen LogP contribution >= 0.6 is 11.6 Å². The fraction of sp³-hybridized carbons (Fsp3) is 0.565. The van der Waals surface area contributed by atoms with Crippen molar-refractivity contribution in [1.29, 1.82) is 0 Å². The molecule has 4 N–H and O–H groups in total. The number of hydrogen-bond donors (Lipinski definition) is 3. The number of aryl methyl sites for hydroxylation is 1. The quantitative estimate of drug-likeness (QED) is 0.515. The third kappa shape index (κ3) is 6.28. The van der Waals surface area contributed by atoms with E-state index in [0.717, 1.165) is 36.9 Å². The Hall–Kier alpha value is -1.96. The van der Waals surface area contributed by atoms with Crippen LogP contribution in [-0.4, -0.2) is 36.2 Å². The first-order valence-electron chi connectivity index (χ1n) is 10.9. The maximum absolute atomic E-state index is 14.6. The Bertz CT molecular complexity index is 870. The minimum Gasteiger partial charge on any atom is -0.365 e. The van der Waals surface area contributed by atoms with Crippen LogP contribution in [0, 0.1) is 18.8 Å². The molecule has 0 spiro atoms. The van der Waals surface area contributed by atoms with Crippen molar-refractivity contribution >= 4 is 23.0 Å². The number of nitrogens with two attached hydrogens (primary N) is 1. The number of aromatic nitrogens is 1. The molecule has 1 aliphatic carbocycles. The van der Waals surface area contributed by atoms with E-state index in [-0.39, 0.29) is 36.4 Å². The van der Waals surface area contributed by atoms with Gasteiger partial charge in [0.2, 0.25) is 0 Å². The van der Waals surface area contributed by atoms with Gasteiger partial charge in [0, 0.05) is 35.0 Å². The van der Waals surface area contributed by atoms with Crippen LogP contribution in [0.5, 0.6) is 0 Å². The van der Waals surface area contributed by atoms with E-state index in [4.69, 9.17) is 22.1 Å². The summed E-state index contributed by atoms with van der Waals surface area (Å²) in [5, 5.41) is 6.82. The van der Waals surface area contributed by atoms with E-state index in [1.54, 1.807) is 12.3 Å². The molecule has 1 aliphatic heterocycles. The van der Waals surface area contributed by atoms with E-state index in [9.17, 15) is 4.39 Å². The summed E-state index contributed by atoms with van der Waals surface area (Å²) >= 11 is 6.09. The molecule has 0 saturated heterocycles. The summed E-state index contributed by atoms with van der Waals surface area (Å²) in [6.07, 6.45) is 5.10. The summed E-state index contributed by atoms with van der Waals surface area (Å²) in [6, 6.07) is 1.89. The van der Waals surface area contributed by atoms with Gasteiger partial charge in [-0.15, -0.1) is 0 Å². The summed E-state index contributed by atoms with van der Waals surface area (Å²) in [6.45, 7) is 10.9. The van der Waals surface area contributed by atoms with E-state index < -0.39 is 0 Å². The van der Waals surface area contributed by atoms with Crippen LogP contribution < -0.4 is 16.4 Å². The molecule has 1 saturated carbocycles. The van der Waals surface area contributed by atoms with Crippen LogP contribution in [0.2, 0.25) is 5.02 Å². The van der Waals surface area contributed by atoms with Crippen LogP contribution in [0.1, 0.15) is 50.8 Å². The van der Waals surface area contributed by atoms with Crippen LogP contribution in [0.4, 0.5) is 4.39 Å². The largest absolute Gasteiger partial charge is 0.365 e. The van der Waals surface area contributed by atoms with Crippen LogP contribution in [0.25, 0.3) is 5.57 Å². The number of nitrogens with zero attached hydrogens (tertiary/aromatic N) is 2. The molecule has 1 fully saturated rings. The van der Waals surface area contributed by atoms with Crippen LogP contribution in [0.3, 0.4) is 0 Å². The number of rotatable bonds is 8. The lowest BCUT2D eigenvalue weighted by molar-refractivity contribution is -0.0114. The monoisotopic (exact) mass is 449 g/mol. The van der Waals surface area contributed by atoms with Crippen molar-refractivity contribution in [1.82, 2.24) is 15.6 Å². The van der Waals surface area contributed by atoms with Crippen molar-refractivity contribution in [2.45, 2.75) is 58.7 Å². The second-order valence-electron chi connectivity index (χ2n) is 8.79. The Morgan fingerprint density at radius 2 is 2.23 bits per heavy atom. The standard InChI is InChI=1S/C23H33ClFN5O/c1-13(2)12-31-21(26)16-6-5-7-18(8-16)29-23-20(25)11-28-22(30-23)14(3)19-9-17(24)10-27-15(19)4/h9-10,13,16,18,21,29H,3,5-8,11-12,26H2,1-2,4H3,(H,28,30)/t16?,18-,21?/m1/s1. The third-order valence-electron chi connectivity index (χ3n) is 5.70. The highest BCUT2D eigenvalue weighted by Gasteiger charge is 2.29. The molecule has 0 bridgehead atoms. The molecule has 1 aromatic rings. The number of nitrogens with one attached hydrogen (secondary N) is 2. The highest BCUT2D eigenvalue weighted by atomic mass is 35.5. The SMILES string of the molecule is C=C(C1=NC(N[C@@H]2CCCC(C(N)OCC(C)C)C2)=C(F)CN1)c1cc(Cl)cnc1C. The number of ether oxygens (including phenoxy) is 1. The Labute approximate surface area is 189 Å². The summed E-state index contributed by atoms with van der Waals surface area (Å²) < 4.78 is 20.4. The fourth-order valence-electron chi connectivity index (χ4n) is 3.97. The number of aliphatic imine (C=N–C) groups is 1. The molecule has 0 amide bonds. The molecule has 2 aliphatic rings. The summed E-state index contributed by atoms with van der Waals surface area (Å²) in [4.78, 5) is 8.77. The molecule has 8 heteroatoms. The van der Waals surface area contributed by atoms with Gasteiger partial charge in [-0.05, 0) is 38.2 Å². The third-order valence-corrected chi connectivity index (χ3v) is 5.91. The number of hydrogen-bond acceptors (Lipinski definition) is 6. The van der Waals surface area contributed by atoms with E-state index in [1.165, 1.54) is 0 Å². The van der Waals surface area contributed by atoms with Crippen molar-refractivity contribution in [2.75, 3.05) is 13.2 Å². The highest BCUT2D eigenvalue weighted by Crippen LogP contribution is 2.29. The number of pyridine rings is 1. The Balaban J connectivity index is 1.68. The second kappa shape index (κ2) is 10.6. The molecule has 2 heterocycles. The minimum atomic E-state index is -0.319.